The summed E-state index contributed by atoms with van der Waals surface area (Å²) in [7, 11) is -3.02. The molecular formula is C16H18N4O3S. The SMILES string of the molecule is O=C(NC1CCS(=O)(=O)C1)c1cnc(NCc2ccccc2)cn1. The Morgan fingerprint density at radius 2 is 1.96 bits per heavy atom. The molecule has 24 heavy (non-hydrogen) atoms. The minimum Gasteiger partial charge on any atom is -0.365 e. The normalized spacial score (nSPS) is 18.9. The van der Waals surface area contributed by atoms with Gasteiger partial charge in [-0.3, -0.25) is 4.79 Å². The van der Waals surface area contributed by atoms with Gasteiger partial charge in [0.1, 0.15) is 11.5 Å². The summed E-state index contributed by atoms with van der Waals surface area (Å²) < 4.78 is 22.8. The fourth-order valence-electron chi connectivity index (χ4n) is 2.49. The lowest BCUT2D eigenvalue weighted by molar-refractivity contribution is 0.0935. The summed E-state index contributed by atoms with van der Waals surface area (Å²) in [5.74, 6) is 0.271. The van der Waals surface area contributed by atoms with Gasteiger partial charge in [-0.25, -0.2) is 18.4 Å². The van der Waals surface area contributed by atoms with Crippen molar-refractivity contribution >= 4 is 21.6 Å². The molecule has 0 radical (unpaired) electrons. The highest BCUT2D eigenvalue weighted by Crippen LogP contribution is 2.12. The van der Waals surface area contributed by atoms with Crippen LogP contribution in [0.2, 0.25) is 0 Å². The van der Waals surface area contributed by atoms with Crippen molar-refractivity contribution in [1.29, 1.82) is 0 Å². The average molecular weight is 346 g/mol. The van der Waals surface area contributed by atoms with Crippen molar-refractivity contribution in [2.75, 3.05) is 16.8 Å². The van der Waals surface area contributed by atoms with E-state index >= 15 is 0 Å². The van der Waals surface area contributed by atoms with E-state index < -0.39 is 15.7 Å². The van der Waals surface area contributed by atoms with E-state index in [1.165, 1.54) is 12.4 Å². The molecule has 3 rings (SSSR count). The maximum atomic E-state index is 12.1. The van der Waals surface area contributed by atoms with Gasteiger partial charge in [-0.1, -0.05) is 30.3 Å². The van der Waals surface area contributed by atoms with Crippen molar-refractivity contribution in [3.63, 3.8) is 0 Å². The van der Waals surface area contributed by atoms with E-state index in [0.717, 1.165) is 5.56 Å². The largest absolute Gasteiger partial charge is 0.365 e. The van der Waals surface area contributed by atoms with E-state index in [0.29, 0.717) is 18.8 Å². The molecule has 1 aliphatic heterocycles. The molecule has 1 aliphatic rings. The lowest BCUT2D eigenvalue weighted by atomic mass is 10.2. The number of aromatic nitrogens is 2. The smallest absolute Gasteiger partial charge is 0.271 e. The number of hydrogen-bond acceptors (Lipinski definition) is 6. The third-order valence-electron chi connectivity index (χ3n) is 3.77. The summed E-state index contributed by atoms with van der Waals surface area (Å²) in [6.45, 7) is 0.612. The van der Waals surface area contributed by atoms with Crippen LogP contribution in [-0.2, 0) is 16.4 Å². The fraction of sp³-hybridized carbons (Fsp3) is 0.312. The lowest BCUT2D eigenvalue weighted by Crippen LogP contribution is -2.36. The molecule has 0 spiro atoms. The highest BCUT2D eigenvalue weighted by atomic mass is 32.2. The minimum atomic E-state index is -3.02. The van der Waals surface area contributed by atoms with Crippen LogP contribution >= 0.6 is 0 Å². The van der Waals surface area contributed by atoms with Gasteiger partial charge in [-0.2, -0.15) is 0 Å². The van der Waals surface area contributed by atoms with Gasteiger partial charge in [-0.05, 0) is 12.0 Å². The van der Waals surface area contributed by atoms with Crippen LogP contribution in [0.3, 0.4) is 0 Å². The number of carbonyl (C=O) groups excluding carboxylic acids is 1. The van der Waals surface area contributed by atoms with Crippen molar-refractivity contribution < 1.29 is 13.2 Å². The van der Waals surface area contributed by atoms with E-state index in [4.69, 9.17) is 0 Å². The summed E-state index contributed by atoms with van der Waals surface area (Å²) in [6, 6.07) is 9.51. The van der Waals surface area contributed by atoms with Gasteiger partial charge in [0, 0.05) is 12.6 Å². The van der Waals surface area contributed by atoms with Crippen LogP contribution in [0, 0.1) is 0 Å². The van der Waals surface area contributed by atoms with Gasteiger partial charge in [0.25, 0.3) is 5.91 Å². The molecule has 1 saturated heterocycles. The van der Waals surface area contributed by atoms with Crippen LogP contribution in [0.15, 0.2) is 42.7 Å². The molecule has 2 aromatic rings. The van der Waals surface area contributed by atoms with Gasteiger partial charge < -0.3 is 10.6 Å². The molecule has 1 atom stereocenters. The van der Waals surface area contributed by atoms with E-state index in [-0.39, 0.29) is 23.2 Å². The summed E-state index contributed by atoms with van der Waals surface area (Å²) in [6.07, 6.45) is 3.31. The zero-order chi connectivity index (χ0) is 17.0. The molecule has 1 aromatic carbocycles. The molecule has 0 saturated carbocycles. The number of hydrogen-bond donors (Lipinski definition) is 2. The Labute approximate surface area is 140 Å². The number of nitrogens with one attached hydrogen (secondary N) is 2. The Morgan fingerprint density at radius 3 is 2.58 bits per heavy atom. The Balaban J connectivity index is 1.55. The maximum Gasteiger partial charge on any atom is 0.271 e. The second kappa shape index (κ2) is 6.96. The van der Waals surface area contributed by atoms with E-state index in [1.807, 2.05) is 30.3 Å². The highest BCUT2D eigenvalue weighted by molar-refractivity contribution is 7.91. The van der Waals surface area contributed by atoms with Crippen LogP contribution < -0.4 is 10.6 Å². The summed E-state index contributed by atoms with van der Waals surface area (Å²) in [5.41, 5.74) is 1.29. The second-order valence-corrected chi connectivity index (χ2v) is 7.93. The topological polar surface area (TPSA) is 101 Å². The number of rotatable bonds is 5. The number of anilines is 1. The first-order valence-electron chi connectivity index (χ1n) is 7.63. The molecule has 1 fully saturated rings. The van der Waals surface area contributed by atoms with Crippen LogP contribution in [0.25, 0.3) is 0 Å². The van der Waals surface area contributed by atoms with Crippen molar-refractivity contribution in [3.05, 3.63) is 54.0 Å². The second-order valence-electron chi connectivity index (χ2n) is 5.70. The quantitative estimate of drug-likeness (QED) is 0.838. The summed E-state index contributed by atoms with van der Waals surface area (Å²) in [5, 5.41) is 5.81. The predicted molar refractivity (Wildman–Crippen MR) is 90.3 cm³/mol. The first kappa shape index (κ1) is 16.4. The first-order chi connectivity index (χ1) is 11.5. The third-order valence-corrected chi connectivity index (χ3v) is 5.54. The van der Waals surface area contributed by atoms with Crippen molar-refractivity contribution in [2.24, 2.45) is 0 Å². The van der Waals surface area contributed by atoms with E-state index in [1.54, 1.807) is 0 Å². The number of benzene rings is 1. The third kappa shape index (κ3) is 4.29. The van der Waals surface area contributed by atoms with Gasteiger partial charge in [-0.15, -0.1) is 0 Å². The number of sulfone groups is 1. The molecule has 8 heteroatoms. The molecule has 7 nitrogen and oxygen atoms in total. The van der Waals surface area contributed by atoms with Crippen molar-refractivity contribution in [1.82, 2.24) is 15.3 Å². The zero-order valence-corrected chi connectivity index (χ0v) is 13.8. The number of amides is 1. The van der Waals surface area contributed by atoms with Gasteiger partial charge in [0.2, 0.25) is 0 Å². The molecule has 1 aromatic heterocycles. The Kier molecular flexibility index (Phi) is 4.75. The van der Waals surface area contributed by atoms with Gasteiger partial charge >= 0.3 is 0 Å². The lowest BCUT2D eigenvalue weighted by Gasteiger charge is -2.10. The molecule has 2 heterocycles. The number of nitrogens with zero attached hydrogens (tertiary/aromatic N) is 2. The van der Waals surface area contributed by atoms with Crippen molar-refractivity contribution in [3.8, 4) is 0 Å². The van der Waals surface area contributed by atoms with Gasteiger partial charge in [0.05, 0.1) is 23.9 Å². The highest BCUT2D eigenvalue weighted by Gasteiger charge is 2.29. The molecule has 1 unspecified atom stereocenters. The Bertz CT molecular complexity index is 807. The van der Waals surface area contributed by atoms with Gasteiger partial charge in [0.15, 0.2) is 9.84 Å². The number of carbonyl (C=O) groups is 1. The van der Waals surface area contributed by atoms with Crippen LogP contribution in [0.5, 0.6) is 0 Å². The standard InChI is InChI=1S/C16H18N4O3S/c21-16(20-13-6-7-24(22,23)11-13)14-9-19-15(10-17-14)18-8-12-4-2-1-3-5-12/h1-5,9-10,13H,6-8,11H2,(H,18,19)(H,20,21). The minimum absolute atomic E-state index is 0.0110. The maximum absolute atomic E-state index is 12.1. The van der Waals surface area contributed by atoms with Crippen molar-refractivity contribution in [2.45, 2.75) is 19.0 Å². The summed E-state index contributed by atoms with van der Waals surface area (Å²) in [4.78, 5) is 20.3. The first-order valence-corrected chi connectivity index (χ1v) is 9.45. The monoisotopic (exact) mass is 346 g/mol. The zero-order valence-electron chi connectivity index (χ0n) is 13.0. The van der Waals surface area contributed by atoms with E-state index in [2.05, 4.69) is 20.6 Å². The molecule has 2 N–H and O–H groups in total. The van der Waals surface area contributed by atoms with Crippen LogP contribution in [0.4, 0.5) is 5.82 Å². The van der Waals surface area contributed by atoms with E-state index in [9.17, 15) is 13.2 Å². The fourth-order valence-corrected chi connectivity index (χ4v) is 4.17. The molecule has 126 valence electrons. The average Bonchev–Trinajstić information content (AvgIpc) is 2.93. The predicted octanol–water partition coefficient (Wildman–Crippen LogP) is 1.01. The molecule has 1 amide bonds. The van der Waals surface area contributed by atoms with Crippen LogP contribution in [-0.4, -0.2) is 41.8 Å². The summed E-state index contributed by atoms with van der Waals surface area (Å²) >= 11 is 0. The van der Waals surface area contributed by atoms with Crippen LogP contribution in [0.1, 0.15) is 22.5 Å². The Morgan fingerprint density at radius 1 is 1.17 bits per heavy atom. The molecule has 0 aliphatic carbocycles. The Hall–Kier alpha value is -2.48. The molecule has 0 bridgehead atoms. The molecular weight excluding hydrogens is 328 g/mol.